The van der Waals surface area contributed by atoms with E-state index in [-0.39, 0.29) is 0 Å². The molecule has 0 saturated heterocycles. The molecule has 1 aromatic heterocycles. The Balaban J connectivity index is 1.77. The van der Waals surface area contributed by atoms with Crippen LogP contribution in [0, 0.1) is 12.3 Å². The maximum atomic E-state index is 11.4. The van der Waals surface area contributed by atoms with Crippen LogP contribution in [0.3, 0.4) is 0 Å². The zero-order valence-electron chi connectivity index (χ0n) is 16.0. The zero-order chi connectivity index (χ0) is 18.7. The number of carboxylic acids is 1. The van der Waals surface area contributed by atoms with Gasteiger partial charge in [0.1, 0.15) is 0 Å². The Bertz CT molecular complexity index is 798. The fraction of sp³-hybridized carbons (Fsp3) is 0.455. The number of benzene rings is 1. The van der Waals surface area contributed by atoms with Gasteiger partial charge in [0.15, 0.2) is 0 Å². The van der Waals surface area contributed by atoms with Gasteiger partial charge in [-0.15, -0.1) is 0 Å². The molecule has 4 nitrogen and oxygen atoms in total. The molecule has 2 heterocycles. The first-order valence-electron chi connectivity index (χ1n) is 9.32. The van der Waals surface area contributed by atoms with Crippen LogP contribution in [-0.2, 0) is 30.7 Å². The number of carboxylic acid groups (broad SMARTS) is 1. The summed E-state index contributed by atoms with van der Waals surface area (Å²) in [6, 6.07) is 10.6. The van der Waals surface area contributed by atoms with Crippen LogP contribution in [-0.4, -0.2) is 27.5 Å². The second-order valence-corrected chi connectivity index (χ2v) is 8.05. The molecule has 3 rings (SSSR count). The lowest BCUT2D eigenvalue weighted by Gasteiger charge is -2.23. The van der Waals surface area contributed by atoms with Gasteiger partial charge in [0.05, 0.1) is 11.1 Å². The third-order valence-electron chi connectivity index (χ3n) is 5.31. The molecule has 26 heavy (non-hydrogen) atoms. The topological polar surface area (TPSA) is 53.4 Å². The number of aromatic nitrogens is 1. The van der Waals surface area contributed by atoms with Gasteiger partial charge >= 0.3 is 5.97 Å². The van der Waals surface area contributed by atoms with E-state index in [1.165, 1.54) is 22.4 Å². The number of pyridine rings is 1. The van der Waals surface area contributed by atoms with Crippen molar-refractivity contribution in [2.45, 2.75) is 53.1 Å². The molecular formula is C22H28N2O2. The summed E-state index contributed by atoms with van der Waals surface area (Å²) < 4.78 is 0. The molecular weight excluding hydrogens is 324 g/mol. The quantitative estimate of drug-likeness (QED) is 0.884. The summed E-state index contributed by atoms with van der Waals surface area (Å²) in [6.45, 7) is 8.51. The van der Waals surface area contributed by atoms with Crippen molar-refractivity contribution in [2.24, 2.45) is 5.41 Å². The summed E-state index contributed by atoms with van der Waals surface area (Å²) in [5.74, 6) is -0.755. The van der Waals surface area contributed by atoms with E-state index in [0.29, 0.717) is 6.42 Å². The molecule has 0 fully saturated rings. The van der Waals surface area contributed by atoms with Gasteiger partial charge in [-0.1, -0.05) is 24.3 Å². The maximum Gasteiger partial charge on any atom is 0.309 e. The van der Waals surface area contributed by atoms with Crippen LogP contribution in [0.1, 0.15) is 48.2 Å². The molecule has 0 atom stereocenters. The van der Waals surface area contributed by atoms with Gasteiger partial charge in [0.25, 0.3) is 0 Å². The van der Waals surface area contributed by atoms with Crippen LogP contribution in [0.2, 0.25) is 0 Å². The Hall–Kier alpha value is -2.20. The maximum absolute atomic E-state index is 11.4. The number of rotatable bonds is 5. The minimum atomic E-state index is -0.755. The Labute approximate surface area is 155 Å². The van der Waals surface area contributed by atoms with Crippen LogP contribution in [0.15, 0.2) is 36.5 Å². The summed E-state index contributed by atoms with van der Waals surface area (Å²) in [6.07, 6.45) is 4.65. The number of aryl methyl sites for hydroxylation is 2. The van der Waals surface area contributed by atoms with Crippen LogP contribution >= 0.6 is 0 Å². The highest BCUT2D eigenvalue weighted by atomic mass is 16.4. The Kier molecular flexibility index (Phi) is 5.42. The van der Waals surface area contributed by atoms with Crippen molar-refractivity contribution in [1.29, 1.82) is 0 Å². The van der Waals surface area contributed by atoms with E-state index in [2.05, 4.69) is 41.1 Å². The molecule has 0 saturated carbocycles. The summed E-state index contributed by atoms with van der Waals surface area (Å²) in [4.78, 5) is 18.5. The molecule has 2 aromatic rings. The average molecular weight is 352 g/mol. The van der Waals surface area contributed by atoms with E-state index >= 15 is 0 Å². The van der Waals surface area contributed by atoms with Crippen LogP contribution in [0.4, 0.5) is 0 Å². The number of hydrogen-bond acceptors (Lipinski definition) is 3. The molecule has 1 N–H and O–H groups in total. The Morgan fingerprint density at radius 3 is 2.88 bits per heavy atom. The van der Waals surface area contributed by atoms with Gasteiger partial charge < -0.3 is 5.11 Å². The lowest BCUT2D eigenvalue weighted by molar-refractivity contribution is -0.146. The number of aliphatic carboxylic acids is 1. The predicted molar refractivity (Wildman–Crippen MR) is 103 cm³/mol. The van der Waals surface area contributed by atoms with Gasteiger partial charge in [-0.2, -0.15) is 0 Å². The van der Waals surface area contributed by atoms with Crippen LogP contribution in [0.5, 0.6) is 0 Å². The summed E-state index contributed by atoms with van der Waals surface area (Å²) >= 11 is 0. The zero-order valence-corrected chi connectivity index (χ0v) is 16.0. The number of carbonyl (C=O) groups is 1. The fourth-order valence-electron chi connectivity index (χ4n) is 3.59. The van der Waals surface area contributed by atoms with E-state index in [4.69, 9.17) is 0 Å². The second-order valence-electron chi connectivity index (χ2n) is 8.05. The lowest BCUT2D eigenvalue weighted by Crippen LogP contribution is -2.26. The standard InChI is InChI=1S/C22H28N2O2/c1-16-8-9-17(13-22(2,3)21(25)26)12-19(16)14-24-11-5-7-18-6-4-10-23-20(18)15-24/h4,6,8-10,12H,5,7,11,13-15H2,1-3H3,(H,25,26). The Morgan fingerprint density at radius 2 is 2.12 bits per heavy atom. The predicted octanol–water partition coefficient (Wildman–Crippen LogP) is 3.99. The molecule has 4 heteroatoms. The molecule has 1 aliphatic heterocycles. The van der Waals surface area contributed by atoms with Crippen molar-refractivity contribution >= 4 is 5.97 Å². The smallest absolute Gasteiger partial charge is 0.309 e. The van der Waals surface area contributed by atoms with Gasteiger partial charge in [-0.3, -0.25) is 14.7 Å². The summed E-state index contributed by atoms with van der Waals surface area (Å²) in [5, 5.41) is 9.40. The van der Waals surface area contributed by atoms with Crippen molar-refractivity contribution in [1.82, 2.24) is 9.88 Å². The number of nitrogens with zero attached hydrogens (tertiary/aromatic N) is 2. The van der Waals surface area contributed by atoms with Gasteiger partial charge in [-0.05, 0) is 74.9 Å². The lowest BCUT2D eigenvalue weighted by atomic mass is 9.85. The first-order chi connectivity index (χ1) is 12.3. The van der Waals surface area contributed by atoms with Crippen molar-refractivity contribution in [2.75, 3.05) is 6.54 Å². The van der Waals surface area contributed by atoms with Gasteiger partial charge in [0.2, 0.25) is 0 Å². The van der Waals surface area contributed by atoms with E-state index in [0.717, 1.165) is 38.0 Å². The minimum Gasteiger partial charge on any atom is -0.481 e. The largest absolute Gasteiger partial charge is 0.481 e. The minimum absolute atomic E-state index is 0.542. The molecule has 0 bridgehead atoms. The van der Waals surface area contributed by atoms with E-state index in [1.54, 1.807) is 13.8 Å². The van der Waals surface area contributed by atoms with Crippen molar-refractivity contribution in [3.63, 3.8) is 0 Å². The third-order valence-corrected chi connectivity index (χ3v) is 5.31. The van der Waals surface area contributed by atoms with Gasteiger partial charge in [-0.25, -0.2) is 0 Å². The van der Waals surface area contributed by atoms with Crippen molar-refractivity contribution in [3.05, 3.63) is 64.5 Å². The molecule has 1 aliphatic rings. The fourth-order valence-corrected chi connectivity index (χ4v) is 3.59. The molecule has 1 aromatic carbocycles. The molecule has 0 amide bonds. The average Bonchev–Trinajstić information content (AvgIpc) is 2.79. The highest BCUT2D eigenvalue weighted by Crippen LogP contribution is 2.25. The SMILES string of the molecule is Cc1ccc(CC(C)(C)C(=O)O)cc1CN1CCCc2cccnc2C1. The van der Waals surface area contributed by atoms with Gasteiger partial charge in [0, 0.05) is 19.3 Å². The van der Waals surface area contributed by atoms with Crippen LogP contribution < -0.4 is 0 Å². The molecule has 0 radical (unpaired) electrons. The summed E-state index contributed by atoms with van der Waals surface area (Å²) in [7, 11) is 0. The molecule has 138 valence electrons. The molecule has 0 aliphatic carbocycles. The van der Waals surface area contributed by atoms with E-state index in [1.807, 2.05) is 12.3 Å². The second kappa shape index (κ2) is 7.58. The highest BCUT2D eigenvalue weighted by molar-refractivity contribution is 5.74. The summed E-state index contributed by atoms with van der Waals surface area (Å²) in [5.41, 5.74) is 5.43. The Morgan fingerprint density at radius 1 is 1.31 bits per heavy atom. The number of hydrogen-bond donors (Lipinski definition) is 1. The molecule has 0 spiro atoms. The van der Waals surface area contributed by atoms with E-state index in [9.17, 15) is 9.90 Å². The van der Waals surface area contributed by atoms with Crippen LogP contribution in [0.25, 0.3) is 0 Å². The van der Waals surface area contributed by atoms with Crippen molar-refractivity contribution in [3.8, 4) is 0 Å². The third kappa shape index (κ3) is 4.31. The van der Waals surface area contributed by atoms with Crippen molar-refractivity contribution < 1.29 is 9.90 Å². The first-order valence-corrected chi connectivity index (χ1v) is 9.32. The number of fused-ring (bicyclic) bond motifs is 1. The normalized spacial score (nSPS) is 15.3. The monoisotopic (exact) mass is 352 g/mol. The first kappa shape index (κ1) is 18.6. The highest BCUT2D eigenvalue weighted by Gasteiger charge is 2.27. The van der Waals surface area contributed by atoms with E-state index < -0.39 is 11.4 Å². The molecule has 0 unspecified atom stereocenters.